The fraction of sp³-hybridized carbons (Fsp3) is 0.0714. The van der Waals surface area contributed by atoms with E-state index < -0.39 is 20.9 Å². The van der Waals surface area contributed by atoms with E-state index in [-0.39, 0.29) is 33.3 Å². The number of nitrogens with zero attached hydrogens (tertiary/aromatic N) is 1. The smallest absolute Gasteiger partial charge is 0.270 e. The number of nitrogens with one attached hydrogen (secondary N) is 1. The molecule has 3 N–H and O–H groups in total. The van der Waals surface area contributed by atoms with Crippen LogP contribution >= 0.6 is 0 Å². The molecule has 0 spiro atoms. The van der Waals surface area contributed by atoms with Crippen molar-refractivity contribution in [3.8, 4) is 11.5 Å². The predicted molar refractivity (Wildman–Crippen MR) is 83.7 cm³/mol. The molecular weight excluding hydrogens is 338 g/mol. The number of benzene rings is 2. The standard InChI is InChI=1S/C14H11N3O6S/c1-7-4-10-12(6-13(7)24(15,21)22)23-11-3-2-8(17(19)20)5-9(11)14(18)16-10/h2-6H,1H3,(H,16,18)(H2,15,21,22). The largest absolute Gasteiger partial charge is 0.454 e. The Balaban J connectivity index is 2.17. The quantitative estimate of drug-likeness (QED) is 0.626. The Hall–Kier alpha value is -2.98. The van der Waals surface area contributed by atoms with Crippen LogP contribution in [0.3, 0.4) is 0 Å². The van der Waals surface area contributed by atoms with E-state index in [4.69, 9.17) is 9.88 Å². The van der Waals surface area contributed by atoms with E-state index in [1.54, 1.807) is 0 Å². The van der Waals surface area contributed by atoms with Crippen LogP contribution in [0.4, 0.5) is 11.4 Å². The number of hydrogen-bond acceptors (Lipinski definition) is 6. The molecule has 1 amide bonds. The number of nitro groups is 1. The van der Waals surface area contributed by atoms with Crippen molar-refractivity contribution in [3.05, 3.63) is 51.6 Å². The molecule has 10 heteroatoms. The number of primary sulfonamides is 1. The molecule has 0 fully saturated rings. The Kier molecular flexibility index (Phi) is 3.50. The lowest BCUT2D eigenvalue weighted by molar-refractivity contribution is -0.384. The summed E-state index contributed by atoms with van der Waals surface area (Å²) in [6.45, 7) is 1.52. The molecule has 0 radical (unpaired) electrons. The Morgan fingerprint density at radius 2 is 1.92 bits per heavy atom. The molecule has 0 saturated heterocycles. The maximum Gasteiger partial charge on any atom is 0.270 e. The summed E-state index contributed by atoms with van der Waals surface area (Å²) in [4.78, 5) is 22.4. The first-order chi connectivity index (χ1) is 11.2. The van der Waals surface area contributed by atoms with Crippen LogP contribution in [-0.2, 0) is 10.0 Å². The molecular formula is C14H11N3O6S. The number of sulfonamides is 1. The Bertz CT molecular complexity index is 1000. The van der Waals surface area contributed by atoms with Crippen molar-refractivity contribution < 1.29 is 22.9 Å². The molecule has 24 heavy (non-hydrogen) atoms. The van der Waals surface area contributed by atoms with E-state index in [9.17, 15) is 23.3 Å². The highest BCUT2D eigenvalue weighted by Gasteiger charge is 2.25. The Morgan fingerprint density at radius 1 is 1.21 bits per heavy atom. The van der Waals surface area contributed by atoms with Gasteiger partial charge in [-0.15, -0.1) is 0 Å². The maximum atomic E-state index is 12.3. The highest BCUT2D eigenvalue weighted by molar-refractivity contribution is 7.89. The first-order valence-electron chi connectivity index (χ1n) is 6.62. The van der Waals surface area contributed by atoms with Gasteiger partial charge >= 0.3 is 0 Å². The lowest BCUT2D eigenvalue weighted by Gasteiger charge is -2.11. The SMILES string of the molecule is Cc1cc2c(cc1S(N)(=O)=O)Oc1ccc([N+](=O)[O-])cc1C(=O)N2. The fourth-order valence-electron chi connectivity index (χ4n) is 2.36. The summed E-state index contributed by atoms with van der Waals surface area (Å²) >= 11 is 0. The van der Waals surface area contributed by atoms with Gasteiger partial charge in [0.2, 0.25) is 10.0 Å². The molecule has 0 unspecified atom stereocenters. The third-order valence-corrected chi connectivity index (χ3v) is 4.52. The molecule has 0 aliphatic carbocycles. The number of rotatable bonds is 2. The third-order valence-electron chi connectivity index (χ3n) is 3.47. The van der Waals surface area contributed by atoms with Gasteiger partial charge in [0.25, 0.3) is 11.6 Å². The van der Waals surface area contributed by atoms with Crippen LogP contribution in [0.2, 0.25) is 0 Å². The van der Waals surface area contributed by atoms with E-state index in [1.165, 1.54) is 31.2 Å². The zero-order chi connectivity index (χ0) is 17.6. The third kappa shape index (κ3) is 2.68. The summed E-state index contributed by atoms with van der Waals surface area (Å²) < 4.78 is 28.8. The van der Waals surface area contributed by atoms with Crippen molar-refractivity contribution in [1.82, 2.24) is 0 Å². The van der Waals surface area contributed by atoms with Gasteiger partial charge in [-0.3, -0.25) is 14.9 Å². The van der Waals surface area contributed by atoms with E-state index in [0.29, 0.717) is 5.56 Å². The molecule has 2 aromatic carbocycles. The topological polar surface area (TPSA) is 142 Å². The van der Waals surface area contributed by atoms with Gasteiger partial charge in [-0.2, -0.15) is 0 Å². The van der Waals surface area contributed by atoms with Gasteiger partial charge in [0.05, 0.1) is 21.1 Å². The van der Waals surface area contributed by atoms with E-state index in [0.717, 1.165) is 6.07 Å². The number of amides is 1. The summed E-state index contributed by atoms with van der Waals surface area (Å²) in [5.74, 6) is -0.457. The minimum atomic E-state index is -3.97. The Morgan fingerprint density at radius 3 is 2.54 bits per heavy atom. The summed E-state index contributed by atoms with van der Waals surface area (Å²) in [7, 11) is -3.97. The van der Waals surface area contributed by atoms with Crippen molar-refractivity contribution in [2.75, 3.05) is 5.32 Å². The number of ether oxygens (including phenoxy) is 1. The molecule has 0 atom stereocenters. The second kappa shape index (κ2) is 5.28. The maximum absolute atomic E-state index is 12.3. The van der Waals surface area contributed by atoms with Crippen LogP contribution in [0, 0.1) is 17.0 Å². The van der Waals surface area contributed by atoms with Crippen LogP contribution < -0.4 is 15.2 Å². The van der Waals surface area contributed by atoms with Crippen LogP contribution in [-0.4, -0.2) is 19.2 Å². The number of nitro benzene ring substituents is 1. The highest BCUT2D eigenvalue weighted by atomic mass is 32.2. The summed E-state index contributed by atoms with van der Waals surface area (Å²) in [5.41, 5.74) is 0.274. The number of fused-ring (bicyclic) bond motifs is 2. The van der Waals surface area contributed by atoms with Gasteiger partial charge in [0.1, 0.15) is 5.75 Å². The van der Waals surface area contributed by atoms with Crippen LogP contribution in [0.1, 0.15) is 15.9 Å². The fourth-order valence-corrected chi connectivity index (χ4v) is 3.14. The molecule has 9 nitrogen and oxygen atoms in total. The lowest BCUT2D eigenvalue weighted by atomic mass is 10.1. The number of anilines is 1. The van der Waals surface area contributed by atoms with Gasteiger partial charge in [-0.25, -0.2) is 13.6 Å². The first kappa shape index (κ1) is 15.9. The number of carbonyl (C=O) groups is 1. The van der Waals surface area contributed by atoms with E-state index in [2.05, 4.69) is 5.32 Å². The molecule has 0 saturated carbocycles. The zero-order valence-electron chi connectivity index (χ0n) is 12.3. The van der Waals surface area contributed by atoms with Crippen molar-refractivity contribution in [2.45, 2.75) is 11.8 Å². The molecule has 0 aromatic heterocycles. The number of hydrogen-bond donors (Lipinski definition) is 2. The second-order valence-electron chi connectivity index (χ2n) is 5.15. The summed E-state index contributed by atoms with van der Waals surface area (Å²) in [5, 5.41) is 18.6. The van der Waals surface area contributed by atoms with Crippen LogP contribution in [0.15, 0.2) is 35.2 Å². The number of non-ortho nitro benzene ring substituents is 1. The van der Waals surface area contributed by atoms with Gasteiger partial charge in [-0.1, -0.05) is 0 Å². The predicted octanol–water partition coefficient (Wildman–Crippen LogP) is 1.91. The zero-order valence-corrected chi connectivity index (χ0v) is 13.1. The summed E-state index contributed by atoms with van der Waals surface area (Å²) in [6, 6.07) is 6.17. The molecule has 0 bridgehead atoms. The van der Waals surface area contributed by atoms with E-state index >= 15 is 0 Å². The second-order valence-corrected chi connectivity index (χ2v) is 6.68. The van der Waals surface area contributed by atoms with Gasteiger partial charge < -0.3 is 10.1 Å². The van der Waals surface area contributed by atoms with Gasteiger partial charge in [0, 0.05) is 18.2 Å². The monoisotopic (exact) mass is 349 g/mol. The number of aryl methyl sites for hydroxylation is 1. The number of carbonyl (C=O) groups excluding carboxylic acids is 1. The van der Waals surface area contributed by atoms with Crippen LogP contribution in [0.5, 0.6) is 11.5 Å². The molecule has 1 aliphatic heterocycles. The average Bonchev–Trinajstić information content (AvgIpc) is 2.60. The minimum absolute atomic E-state index is 0.0322. The lowest BCUT2D eigenvalue weighted by Crippen LogP contribution is -2.14. The number of nitrogens with two attached hydrogens (primary N) is 1. The van der Waals surface area contributed by atoms with E-state index in [1.807, 2.05) is 0 Å². The van der Waals surface area contributed by atoms with Crippen molar-refractivity contribution in [1.29, 1.82) is 0 Å². The molecule has 2 aromatic rings. The van der Waals surface area contributed by atoms with Gasteiger partial charge in [0.15, 0.2) is 5.75 Å². The molecule has 1 heterocycles. The molecule has 124 valence electrons. The molecule has 3 rings (SSSR count). The van der Waals surface area contributed by atoms with Gasteiger partial charge in [-0.05, 0) is 24.6 Å². The highest BCUT2D eigenvalue weighted by Crippen LogP contribution is 2.39. The molecule has 1 aliphatic rings. The van der Waals surface area contributed by atoms with Crippen molar-refractivity contribution >= 4 is 27.3 Å². The minimum Gasteiger partial charge on any atom is -0.454 e. The van der Waals surface area contributed by atoms with Crippen molar-refractivity contribution in [3.63, 3.8) is 0 Å². The average molecular weight is 349 g/mol. The normalized spacial score (nSPS) is 13.2. The Labute approximate surface area is 136 Å². The summed E-state index contributed by atoms with van der Waals surface area (Å²) in [6.07, 6.45) is 0. The van der Waals surface area contributed by atoms with Crippen LogP contribution in [0.25, 0.3) is 0 Å². The van der Waals surface area contributed by atoms with Crippen molar-refractivity contribution in [2.24, 2.45) is 5.14 Å². The first-order valence-corrected chi connectivity index (χ1v) is 8.16.